The van der Waals surface area contributed by atoms with Gasteiger partial charge in [0.25, 0.3) is 0 Å². The van der Waals surface area contributed by atoms with Gasteiger partial charge in [-0.1, -0.05) is 47.6 Å². The van der Waals surface area contributed by atoms with Crippen LogP contribution in [-0.2, 0) is 19.1 Å². The molecule has 9 heteroatoms. The summed E-state index contributed by atoms with van der Waals surface area (Å²) >= 11 is 0. The number of Topliss-reactive ketones (excluding diaryl/α,β-unsaturated/α-hetero) is 1. The zero-order valence-electron chi connectivity index (χ0n) is 26.8. The number of piperidine rings is 1. The number of amides is 1. The summed E-state index contributed by atoms with van der Waals surface area (Å²) in [5, 5.41) is 22.7. The van der Waals surface area contributed by atoms with E-state index in [0.717, 1.165) is 19.3 Å². The maximum absolute atomic E-state index is 13.6. The zero-order valence-corrected chi connectivity index (χ0v) is 26.8. The first-order valence-corrected chi connectivity index (χ1v) is 16.0. The summed E-state index contributed by atoms with van der Waals surface area (Å²) in [4.78, 5) is 43.4. The average molecular weight is 590 g/mol. The van der Waals surface area contributed by atoms with Crippen molar-refractivity contribution in [2.75, 3.05) is 26.7 Å². The van der Waals surface area contributed by atoms with Gasteiger partial charge in [-0.05, 0) is 62.3 Å². The molecule has 42 heavy (non-hydrogen) atoms. The van der Waals surface area contributed by atoms with Crippen molar-refractivity contribution in [3.05, 3.63) is 12.7 Å². The van der Waals surface area contributed by atoms with E-state index in [0.29, 0.717) is 25.8 Å². The number of likely N-dealkylation sites (N-methyl/N-ethyl adjacent to an activating group) is 1. The van der Waals surface area contributed by atoms with Gasteiger partial charge < -0.3 is 25.6 Å². The second kappa shape index (κ2) is 11.9. The summed E-state index contributed by atoms with van der Waals surface area (Å²) in [7, 11) is 1.79. The number of nitrogens with zero attached hydrogens (tertiary/aromatic N) is 2. The highest BCUT2D eigenvalue weighted by Gasteiger charge is 2.68. The fourth-order valence-electron chi connectivity index (χ4n) is 9.15. The number of likely N-dealkylation sites (tertiary alicyclic amines) is 1. The Kier molecular flexibility index (Phi) is 9.41. The zero-order chi connectivity index (χ0) is 31.4. The molecule has 1 amide bonds. The van der Waals surface area contributed by atoms with Crippen LogP contribution < -0.4 is 5.73 Å². The van der Waals surface area contributed by atoms with Crippen LogP contribution in [0.15, 0.2) is 12.7 Å². The van der Waals surface area contributed by atoms with Gasteiger partial charge in [-0.2, -0.15) is 0 Å². The van der Waals surface area contributed by atoms with Crippen LogP contribution in [0.25, 0.3) is 0 Å². The smallest absolute Gasteiger partial charge is 0.320 e. The number of aliphatic hydroxyl groups is 2. The van der Waals surface area contributed by atoms with Crippen molar-refractivity contribution in [3.8, 4) is 0 Å². The summed E-state index contributed by atoms with van der Waals surface area (Å²) in [5.74, 6) is -0.549. The Morgan fingerprint density at radius 1 is 1.21 bits per heavy atom. The van der Waals surface area contributed by atoms with Gasteiger partial charge in [0.2, 0.25) is 5.91 Å². The number of β-amino-alcohol motifs (C(OH)–C–C–N with tert-alkyl or cyclic N) is 1. The van der Waals surface area contributed by atoms with Gasteiger partial charge in [0.1, 0.15) is 11.9 Å². The van der Waals surface area contributed by atoms with Crippen molar-refractivity contribution in [2.45, 2.75) is 110 Å². The summed E-state index contributed by atoms with van der Waals surface area (Å²) in [5.41, 5.74) is 4.48. The lowest BCUT2D eigenvalue weighted by molar-refractivity contribution is -0.207. The fraction of sp³-hybridized carbons (Fsp3) is 0.848. The van der Waals surface area contributed by atoms with E-state index in [1.165, 1.54) is 0 Å². The summed E-state index contributed by atoms with van der Waals surface area (Å²) < 4.78 is 6.38. The molecule has 4 aliphatic rings. The molecule has 0 aromatic carbocycles. The Labute approximate surface area is 252 Å². The monoisotopic (exact) mass is 589 g/mol. The molecule has 11 atom stereocenters. The molecule has 238 valence electrons. The molecular formula is C33H55N3O6. The molecule has 9 nitrogen and oxygen atoms in total. The van der Waals surface area contributed by atoms with Crippen LogP contribution in [0.4, 0.5) is 0 Å². The topological polar surface area (TPSA) is 133 Å². The Morgan fingerprint density at radius 3 is 2.48 bits per heavy atom. The number of hydrogen-bond acceptors (Lipinski definition) is 8. The van der Waals surface area contributed by atoms with E-state index < -0.39 is 41.2 Å². The Hall–Kier alpha value is -1.81. The van der Waals surface area contributed by atoms with Crippen molar-refractivity contribution < 1.29 is 29.3 Å². The SMILES string of the molecule is C=C[C@]1(C)C[C@@H](OC(=O)CN(C)C2CCN(C(=O)C(N)C(C)C)CC2O)[C@]2(C)C(C)CCC3(CCC(=O)C32)[C@@H](C)C1O. The molecule has 4 fully saturated rings. The maximum Gasteiger partial charge on any atom is 0.320 e. The molecule has 1 saturated heterocycles. The maximum atomic E-state index is 13.6. The molecule has 4 N–H and O–H groups in total. The lowest BCUT2D eigenvalue weighted by Gasteiger charge is -2.61. The van der Waals surface area contributed by atoms with Crippen molar-refractivity contribution in [3.63, 3.8) is 0 Å². The van der Waals surface area contributed by atoms with Gasteiger partial charge in [0, 0.05) is 42.3 Å². The Morgan fingerprint density at radius 2 is 1.88 bits per heavy atom. The van der Waals surface area contributed by atoms with E-state index in [1.807, 2.05) is 20.8 Å². The van der Waals surface area contributed by atoms with Crippen LogP contribution in [0.5, 0.6) is 0 Å². The Balaban J connectivity index is 1.53. The number of ether oxygens (including phenoxy) is 1. The molecule has 3 aliphatic carbocycles. The molecule has 0 aromatic rings. The minimum absolute atomic E-state index is 0.00351. The van der Waals surface area contributed by atoms with Crippen LogP contribution in [0.2, 0.25) is 0 Å². The molecule has 4 rings (SSSR count). The van der Waals surface area contributed by atoms with Crippen molar-refractivity contribution in [2.24, 2.45) is 45.7 Å². The van der Waals surface area contributed by atoms with E-state index in [9.17, 15) is 24.6 Å². The Bertz CT molecular complexity index is 1070. The lowest BCUT2D eigenvalue weighted by atomic mass is 9.44. The molecule has 7 unspecified atom stereocenters. The van der Waals surface area contributed by atoms with E-state index in [4.69, 9.17) is 10.5 Å². The molecule has 3 saturated carbocycles. The second-order valence-corrected chi connectivity index (χ2v) is 15.0. The van der Waals surface area contributed by atoms with Crippen molar-refractivity contribution >= 4 is 17.7 Å². The number of hydrogen-bond donors (Lipinski definition) is 3. The summed E-state index contributed by atoms with van der Waals surface area (Å²) in [6.45, 7) is 16.9. The predicted molar refractivity (Wildman–Crippen MR) is 161 cm³/mol. The third kappa shape index (κ3) is 5.37. The lowest BCUT2D eigenvalue weighted by Crippen LogP contribution is -2.63. The number of carbonyl (C=O) groups excluding carboxylic acids is 3. The normalized spacial score (nSPS) is 43.0. The molecule has 2 bridgehead atoms. The van der Waals surface area contributed by atoms with E-state index >= 15 is 0 Å². The van der Waals surface area contributed by atoms with Crippen LogP contribution in [-0.4, -0.2) is 94.8 Å². The number of rotatable bonds is 7. The van der Waals surface area contributed by atoms with Crippen LogP contribution in [0, 0.1) is 39.9 Å². The van der Waals surface area contributed by atoms with Gasteiger partial charge in [0.05, 0.1) is 24.8 Å². The van der Waals surface area contributed by atoms with Crippen molar-refractivity contribution in [1.82, 2.24) is 9.80 Å². The third-order valence-corrected chi connectivity index (χ3v) is 12.4. The predicted octanol–water partition coefficient (Wildman–Crippen LogP) is 2.77. The molecule has 0 radical (unpaired) electrons. The molecule has 0 spiro atoms. The third-order valence-electron chi connectivity index (χ3n) is 12.4. The standard InChI is InChI=1S/C33H55N3O6/c1-9-31(6)16-25(32(7)20(4)10-13-33(21(5)29(31)40)14-11-23(37)28(32)33)42-26(39)18-35(8)22-12-15-36(17-24(22)38)30(41)27(34)19(2)3/h9,19-22,24-25,27-29,38,40H,1,10-18,34H2,2-8H3/t20?,21-,22?,24?,25+,27?,28?,29?,31+,32-,33?/m0/s1. The molecule has 1 heterocycles. The van der Waals surface area contributed by atoms with Gasteiger partial charge in [-0.15, -0.1) is 6.58 Å². The van der Waals surface area contributed by atoms with Crippen LogP contribution in [0.1, 0.15) is 80.1 Å². The number of nitrogens with two attached hydrogens (primary N) is 1. The highest BCUT2D eigenvalue weighted by Crippen LogP contribution is 2.68. The highest BCUT2D eigenvalue weighted by atomic mass is 16.5. The van der Waals surface area contributed by atoms with Gasteiger partial charge in [-0.3, -0.25) is 19.3 Å². The highest BCUT2D eigenvalue weighted by molar-refractivity contribution is 5.86. The average Bonchev–Trinajstić information content (AvgIpc) is 3.30. The van der Waals surface area contributed by atoms with E-state index in [1.54, 1.807) is 22.9 Å². The van der Waals surface area contributed by atoms with Crippen LogP contribution >= 0.6 is 0 Å². The van der Waals surface area contributed by atoms with Gasteiger partial charge in [0.15, 0.2) is 0 Å². The summed E-state index contributed by atoms with van der Waals surface area (Å²) in [6.07, 6.45) is 3.65. The first-order chi connectivity index (χ1) is 19.5. The summed E-state index contributed by atoms with van der Waals surface area (Å²) in [6, 6.07) is -0.925. The second-order valence-electron chi connectivity index (χ2n) is 15.0. The number of ketones is 1. The minimum Gasteiger partial charge on any atom is -0.461 e. The fourth-order valence-corrected chi connectivity index (χ4v) is 9.15. The number of esters is 1. The number of aliphatic hydroxyl groups excluding tert-OH is 2. The molecule has 1 aliphatic heterocycles. The first-order valence-electron chi connectivity index (χ1n) is 16.0. The number of carbonyl (C=O) groups is 3. The van der Waals surface area contributed by atoms with Gasteiger partial charge in [-0.25, -0.2) is 0 Å². The van der Waals surface area contributed by atoms with Crippen molar-refractivity contribution in [1.29, 1.82) is 0 Å². The first kappa shape index (κ1) is 33.1. The minimum atomic E-state index is -0.824. The quantitative estimate of drug-likeness (QED) is 0.305. The van der Waals surface area contributed by atoms with Crippen LogP contribution in [0.3, 0.4) is 0 Å². The molecular weight excluding hydrogens is 534 g/mol. The van der Waals surface area contributed by atoms with E-state index in [-0.39, 0.29) is 59.9 Å². The van der Waals surface area contributed by atoms with E-state index in [2.05, 4.69) is 27.4 Å². The van der Waals surface area contributed by atoms with Gasteiger partial charge >= 0.3 is 5.97 Å². The largest absolute Gasteiger partial charge is 0.461 e. The molecule has 0 aromatic heterocycles.